The van der Waals surface area contributed by atoms with Crippen molar-refractivity contribution < 1.29 is 22.6 Å². The fraction of sp³-hybridized carbons (Fsp3) is 0.364. The highest BCUT2D eigenvalue weighted by Gasteiger charge is 2.31. The molecule has 0 amide bonds. The first kappa shape index (κ1) is 20.9. The van der Waals surface area contributed by atoms with E-state index in [-0.39, 0.29) is 35.5 Å². The summed E-state index contributed by atoms with van der Waals surface area (Å²) in [6, 6.07) is 11.5. The lowest BCUT2D eigenvalue weighted by atomic mass is 10.2. The van der Waals surface area contributed by atoms with E-state index in [0.29, 0.717) is 42.2 Å². The summed E-state index contributed by atoms with van der Waals surface area (Å²) >= 11 is 0. The van der Waals surface area contributed by atoms with Crippen molar-refractivity contribution in [1.82, 2.24) is 14.3 Å². The molecule has 1 aromatic heterocycles. The first-order valence-corrected chi connectivity index (χ1v) is 11.9. The van der Waals surface area contributed by atoms with Crippen LogP contribution >= 0.6 is 0 Å². The van der Waals surface area contributed by atoms with Gasteiger partial charge in [0.1, 0.15) is 19.0 Å². The lowest BCUT2D eigenvalue weighted by Gasteiger charge is -2.25. The number of fused-ring (bicyclic) bond motifs is 2. The minimum atomic E-state index is -3.93. The van der Waals surface area contributed by atoms with Gasteiger partial charge in [0.05, 0.1) is 28.4 Å². The van der Waals surface area contributed by atoms with Gasteiger partial charge in [-0.1, -0.05) is 12.1 Å². The number of nitrogens with one attached hydrogen (secondary N) is 1. The molecule has 0 spiro atoms. The van der Waals surface area contributed by atoms with Crippen LogP contribution in [0.15, 0.2) is 52.2 Å². The summed E-state index contributed by atoms with van der Waals surface area (Å²) in [6.45, 7) is 1.46. The Labute approximate surface area is 185 Å². The number of rotatable bonds is 6. The Bertz CT molecular complexity index is 1300. The number of ether oxygens (including phenoxy) is 3. The van der Waals surface area contributed by atoms with E-state index >= 15 is 0 Å². The Morgan fingerprint density at radius 1 is 1.06 bits per heavy atom. The molecule has 9 nitrogen and oxygen atoms in total. The van der Waals surface area contributed by atoms with E-state index in [9.17, 15) is 13.2 Å². The van der Waals surface area contributed by atoms with Crippen LogP contribution in [0.5, 0.6) is 11.5 Å². The molecule has 0 radical (unpaired) electrons. The molecule has 32 heavy (non-hydrogen) atoms. The Kier molecular flexibility index (Phi) is 5.58. The molecule has 3 aromatic rings. The summed E-state index contributed by atoms with van der Waals surface area (Å²) in [6.07, 6.45) is 1.44. The highest BCUT2D eigenvalue weighted by Crippen LogP contribution is 2.33. The Balaban J connectivity index is 1.51. The highest BCUT2D eigenvalue weighted by molar-refractivity contribution is 7.89. The molecule has 0 saturated carbocycles. The molecule has 1 saturated heterocycles. The number of H-pyrrole nitrogens is 1. The fourth-order valence-corrected chi connectivity index (χ4v) is 5.42. The molecular weight excluding hydrogens is 434 g/mol. The van der Waals surface area contributed by atoms with Crippen molar-refractivity contribution in [2.24, 2.45) is 0 Å². The molecule has 5 rings (SSSR count). The molecule has 2 aliphatic rings. The average Bonchev–Trinajstić information content (AvgIpc) is 3.31. The first-order valence-electron chi connectivity index (χ1n) is 10.5. The van der Waals surface area contributed by atoms with Crippen molar-refractivity contribution >= 4 is 20.9 Å². The second-order valence-electron chi connectivity index (χ2n) is 7.77. The van der Waals surface area contributed by atoms with Crippen LogP contribution in [-0.4, -0.2) is 55.2 Å². The monoisotopic (exact) mass is 457 g/mol. The molecular formula is C22H23N3O6S. The van der Waals surface area contributed by atoms with E-state index in [1.165, 1.54) is 16.4 Å². The van der Waals surface area contributed by atoms with Gasteiger partial charge < -0.3 is 19.2 Å². The minimum Gasteiger partial charge on any atom is -0.486 e. The van der Waals surface area contributed by atoms with Crippen LogP contribution < -0.4 is 15.0 Å². The third-order valence-corrected chi connectivity index (χ3v) is 7.38. The van der Waals surface area contributed by atoms with Crippen LogP contribution in [0, 0.1) is 0 Å². The summed E-state index contributed by atoms with van der Waals surface area (Å²) in [4.78, 5) is 19.8. The maximum atomic E-state index is 13.6. The first-order chi connectivity index (χ1) is 15.5. The molecule has 168 valence electrons. The summed E-state index contributed by atoms with van der Waals surface area (Å²) in [5.41, 5.74) is 0.208. The molecule has 2 aromatic carbocycles. The second-order valence-corrected chi connectivity index (χ2v) is 9.71. The zero-order chi connectivity index (χ0) is 22.1. The van der Waals surface area contributed by atoms with Gasteiger partial charge in [-0.05, 0) is 37.1 Å². The average molecular weight is 458 g/mol. The van der Waals surface area contributed by atoms with Gasteiger partial charge >= 0.3 is 0 Å². The molecule has 3 heterocycles. The van der Waals surface area contributed by atoms with E-state index < -0.39 is 10.0 Å². The summed E-state index contributed by atoms with van der Waals surface area (Å²) < 4.78 is 45.3. The molecule has 1 atom stereocenters. The van der Waals surface area contributed by atoms with Gasteiger partial charge in [0.15, 0.2) is 11.5 Å². The van der Waals surface area contributed by atoms with Crippen molar-refractivity contribution in [3.05, 3.63) is 58.6 Å². The lowest BCUT2D eigenvalue weighted by Crippen LogP contribution is -2.38. The largest absolute Gasteiger partial charge is 0.486 e. The van der Waals surface area contributed by atoms with Crippen LogP contribution in [-0.2, 0) is 21.3 Å². The normalized spacial score (nSPS) is 18.3. The number of para-hydroxylation sites is 1. The number of hydrogen-bond acceptors (Lipinski definition) is 7. The highest BCUT2D eigenvalue weighted by atomic mass is 32.2. The van der Waals surface area contributed by atoms with E-state index in [1.807, 2.05) is 0 Å². The predicted molar refractivity (Wildman–Crippen MR) is 116 cm³/mol. The predicted octanol–water partition coefficient (Wildman–Crippen LogP) is 2.06. The number of aromatic nitrogens is 2. The van der Waals surface area contributed by atoms with E-state index in [1.54, 1.807) is 30.3 Å². The van der Waals surface area contributed by atoms with Crippen molar-refractivity contribution in [2.45, 2.75) is 30.4 Å². The van der Waals surface area contributed by atoms with Crippen LogP contribution in [0.25, 0.3) is 10.9 Å². The Morgan fingerprint density at radius 2 is 1.88 bits per heavy atom. The summed E-state index contributed by atoms with van der Waals surface area (Å²) in [5, 5.41) is 0.455. The number of benzene rings is 2. The van der Waals surface area contributed by atoms with Crippen molar-refractivity contribution in [1.29, 1.82) is 0 Å². The summed E-state index contributed by atoms with van der Waals surface area (Å²) in [7, 11) is -3.93. The van der Waals surface area contributed by atoms with Gasteiger partial charge in [0.2, 0.25) is 10.0 Å². The van der Waals surface area contributed by atoms with Crippen LogP contribution in [0.4, 0.5) is 0 Å². The molecule has 1 unspecified atom stereocenters. The van der Waals surface area contributed by atoms with Crippen LogP contribution in [0.3, 0.4) is 0 Å². The van der Waals surface area contributed by atoms with Gasteiger partial charge in [-0.25, -0.2) is 13.4 Å². The van der Waals surface area contributed by atoms with E-state index in [2.05, 4.69) is 9.97 Å². The number of sulfonamides is 1. The van der Waals surface area contributed by atoms with E-state index in [4.69, 9.17) is 14.2 Å². The molecule has 0 aliphatic carbocycles. The second kappa shape index (κ2) is 8.53. The zero-order valence-electron chi connectivity index (χ0n) is 17.3. The van der Waals surface area contributed by atoms with Crippen LogP contribution in [0.1, 0.15) is 18.7 Å². The Morgan fingerprint density at radius 3 is 2.69 bits per heavy atom. The van der Waals surface area contributed by atoms with Gasteiger partial charge in [0, 0.05) is 19.2 Å². The summed E-state index contributed by atoms with van der Waals surface area (Å²) in [5.74, 6) is 1.18. The molecule has 1 fully saturated rings. The van der Waals surface area contributed by atoms with Crippen molar-refractivity contribution in [2.75, 3.05) is 26.4 Å². The quantitative estimate of drug-likeness (QED) is 0.603. The smallest absolute Gasteiger partial charge is 0.258 e. The number of hydrogen-bond donors (Lipinski definition) is 1. The molecule has 0 bridgehead atoms. The molecule has 2 aliphatic heterocycles. The minimum absolute atomic E-state index is 0.0860. The third-order valence-electron chi connectivity index (χ3n) is 5.57. The SMILES string of the molecule is O=c1[nH]c(CN(CC2CCCO2)S(=O)(=O)c2ccc3c(c2)OCCO3)nc2ccccc12. The standard InChI is InChI=1S/C22H23N3O6S/c26-22-17-5-1-2-6-18(17)23-21(24-22)14-25(13-15-4-3-9-29-15)32(27,28)16-7-8-19-20(12-16)31-11-10-30-19/h1-2,5-8,12,15H,3-4,9-11,13-14H2,(H,23,24,26). The van der Waals surface area contributed by atoms with Crippen molar-refractivity contribution in [3.63, 3.8) is 0 Å². The topological polar surface area (TPSA) is 111 Å². The maximum Gasteiger partial charge on any atom is 0.258 e. The third kappa shape index (κ3) is 4.08. The van der Waals surface area contributed by atoms with Crippen LogP contribution in [0.2, 0.25) is 0 Å². The number of nitrogens with zero attached hydrogens (tertiary/aromatic N) is 2. The zero-order valence-corrected chi connectivity index (χ0v) is 18.1. The number of aromatic amines is 1. The van der Waals surface area contributed by atoms with Gasteiger partial charge in [-0.2, -0.15) is 4.31 Å². The van der Waals surface area contributed by atoms with Gasteiger partial charge in [-0.3, -0.25) is 4.79 Å². The van der Waals surface area contributed by atoms with Gasteiger partial charge in [0.25, 0.3) is 5.56 Å². The maximum absolute atomic E-state index is 13.6. The molecule has 1 N–H and O–H groups in total. The van der Waals surface area contributed by atoms with Gasteiger partial charge in [-0.15, -0.1) is 0 Å². The van der Waals surface area contributed by atoms with E-state index in [0.717, 1.165) is 12.8 Å². The lowest BCUT2D eigenvalue weighted by molar-refractivity contribution is 0.0921. The van der Waals surface area contributed by atoms with Crippen molar-refractivity contribution in [3.8, 4) is 11.5 Å². The molecule has 10 heteroatoms. The Hall–Kier alpha value is -2.95. The fourth-order valence-electron chi connectivity index (χ4n) is 3.97.